The van der Waals surface area contributed by atoms with Gasteiger partial charge in [0.1, 0.15) is 0 Å². The minimum absolute atomic E-state index is 1.06. The lowest BCUT2D eigenvalue weighted by Crippen LogP contribution is -1.89. The fourth-order valence-corrected chi connectivity index (χ4v) is 5.12. The molecule has 0 bridgehead atoms. The second-order valence-electron chi connectivity index (χ2n) is 5.47. The van der Waals surface area contributed by atoms with Gasteiger partial charge in [-0.05, 0) is 77.0 Å². The Bertz CT molecular complexity index is 886. The number of pyridine rings is 1. The summed E-state index contributed by atoms with van der Waals surface area (Å²) in [5.74, 6) is 0. The van der Waals surface area contributed by atoms with Crippen molar-refractivity contribution in [2.75, 3.05) is 0 Å². The maximum atomic E-state index is 4.94. The molecule has 0 amide bonds. The number of nitrogens with zero attached hydrogens (tertiary/aromatic N) is 1. The standard InChI is InChI=1S/C19H15NS3/c1-12-5-8-22-18(12)14-10-15(17-4-3-7-21-17)20-16(11-14)19-13(2)6-9-23-19/h3-11H,1-2H3. The largest absolute Gasteiger partial charge is 0.246 e. The van der Waals surface area contributed by atoms with Crippen LogP contribution in [0.3, 0.4) is 0 Å². The molecule has 4 aromatic heterocycles. The molecule has 4 rings (SSSR count). The first-order chi connectivity index (χ1) is 11.2. The SMILES string of the molecule is Cc1ccsc1-c1cc(-c2cccs2)nc(-c2sccc2C)c1. The van der Waals surface area contributed by atoms with Crippen LogP contribution in [-0.2, 0) is 0 Å². The van der Waals surface area contributed by atoms with Crippen LogP contribution in [0.15, 0.2) is 52.5 Å². The fourth-order valence-electron chi connectivity index (χ4n) is 2.63. The lowest BCUT2D eigenvalue weighted by molar-refractivity contribution is 1.34. The predicted molar refractivity (Wildman–Crippen MR) is 104 cm³/mol. The van der Waals surface area contributed by atoms with Crippen molar-refractivity contribution in [2.24, 2.45) is 0 Å². The van der Waals surface area contributed by atoms with E-state index in [2.05, 4.69) is 66.4 Å². The normalized spacial score (nSPS) is 11.0. The van der Waals surface area contributed by atoms with Crippen LogP contribution in [0.4, 0.5) is 0 Å². The maximum Gasteiger partial charge on any atom is 0.0818 e. The summed E-state index contributed by atoms with van der Waals surface area (Å²) in [7, 11) is 0. The quantitative estimate of drug-likeness (QED) is 0.391. The minimum Gasteiger partial charge on any atom is -0.246 e. The number of aryl methyl sites for hydroxylation is 2. The Morgan fingerprint density at radius 3 is 2.04 bits per heavy atom. The first kappa shape index (κ1) is 14.8. The number of hydrogen-bond acceptors (Lipinski definition) is 4. The van der Waals surface area contributed by atoms with Gasteiger partial charge >= 0.3 is 0 Å². The molecule has 0 aliphatic heterocycles. The zero-order valence-electron chi connectivity index (χ0n) is 12.9. The molecule has 0 saturated carbocycles. The number of rotatable bonds is 3. The molecule has 0 aliphatic rings. The molecular formula is C19H15NS3. The van der Waals surface area contributed by atoms with Crippen LogP contribution in [0.5, 0.6) is 0 Å². The third kappa shape index (κ3) is 2.78. The van der Waals surface area contributed by atoms with E-state index in [1.165, 1.54) is 31.3 Å². The second kappa shape index (κ2) is 6.04. The van der Waals surface area contributed by atoms with Gasteiger partial charge in [0.2, 0.25) is 0 Å². The van der Waals surface area contributed by atoms with Crippen LogP contribution >= 0.6 is 34.0 Å². The lowest BCUT2D eigenvalue weighted by atomic mass is 10.1. The molecule has 0 atom stereocenters. The molecular weight excluding hydrogens is 338 g/mol. The minimum atomic E-state index is 1.06. The zero-order chi connectivity index (χ0) is 15.8. The highest BCUT2D eigenvalue weighted by atomic mass is 32.1. The van der Waals surface area contributed by atoms with Gasteiger partial charge in [0.25, 0.3) is 0 Å². The summed E-state index contributed by atoms with van der Waals surface area (Å²) in [6, 6.07) is 13.0. The Kier molecular flexibility index (Phi) is 3.89. The molecule has 0 aliphatic carbocycles. The third-order valence-electron chi connectivity index (χ3n) is 3.82. The molecule has 1 nitrogen and oxygen atoms in total. The van der Waals surface area contributed by atoms with Crippen molar-refractivity contribution in [1.29, 1.82) is 0 Å². The van der Waals surface area contributed by atoms with Crippen molar-refractivity contribution in [2.45, 2.75) is 13.8 Å². The Balaban J connectivity index is 1.95. The van der Waals surface area contributed by atoms with Gasteiger partial charge < -0.3 is 0 Å². The summed E-state index contributed by atoms with van der Waals surface area (Å²) in [4.78, 5) is 8.76. The fraction of sp³-hybridized carbons (Fsp3) is 0.105. The third-order valence-corrected chi connectivity index (χ3v) is 6.81. The van der Waals surface area contributed by atoms with E-state index >= 15 is 0 Å². The van der Waals surface area contributed by atoms with E-state index < -0.39 is 0 Å². The topological polar surface area (TPSA) is 12.9 Å². The molecule has 0 unspecified atom stereocenters. The molecule has 0 spiro atoms. The van der Waals surface area contributed by atoms with Gasteiger partial charge in [0.05, 0.1) is 21.1 Å². The van der Waals surface area contributed by atoms with Crippen LogP contribution in [0.25, 0.3) is 31.6 Å². The van der Waals surface area contributed by atoms with Crippen LogP contribution in [0.1, 0.15) is 11.1 Å². The van der Waals surface area contributed by atoms with E-state index in [1.54, 1.807) is 34.0 Å². The van der Waals surface area contributed by atoms with Gasteiger partial charge in [-0.1, -0.05) is 6.07 Å². The van der Waals surface area contributed by atoms with Crippen molar-refractivity contribution in [1.82, 2.24) is 4.98 Å². The van der Waals surface area contributed by atoms with Crippen molar-refractivity contribution in [3.63, 3.8) is 0 Å². The molecule has 0 aromatic carbocycles. The van der Waals surface area contributed by atoms with E-state index in [-0.39, 0.29) is 0 Å². The van der Waals surface area contributed by atoms with Gasteiger partial charge in [-0.2, -0.15) is 0 Å². The summed E-state index contributed by atoms with van der Waals surface area (Å²) in [6.07, 6.45) is 0. The smallest absolute Gasteiger partial charge is 0.0818 e. The molecule has 0 saturated heterocycles. The number of hydrogen-bond donors (Lipinski definition) is 0. The summed E-state index contributed by atoms with van der Waals surface area (Å²) < 4.78 is 0. The molecule has 23 heavy (non-hydrogen) atoms. The highest BCUT2D eigenvalue weighted by molar-refractivity contribution is 7.14. The van der Waals surface area contributed by atoms with E-state index in [1.807, 2.05) is 0 Å². The van der Waals surface area contributed by atoms with E-state index in [0.717, 1.165) is 11.4 Å². The van der Waals surface area contributed by atoms with E-state index in [4.69, 9.17) is 4.98 Å². The van der Waals surface area contributed by atoms with Crippen molar-refractivity contribution in [3.05, 3.63) is 63.7 Å². The molecule has 114 valence electrons. The monoisotopic (exact) mass is 353 g/mol. The van der Waals surface area contributed by atoms with Crippen molar-refractivity contribution < 1.29 is 0 Å². The van der Waals surface area contributed by atoms with Gasteiger partial charge in [-0.15, -0.1) is 34.0 Å². The molecule has 4 heteroatoms. The van der Waals surface area contributed by atoms with Crippen LogP contribution in [0, 0.1) is 13.8 Å². The lowest BCUT2D eigenvalue weighted by Gasteiger charge is -2.08. The Labute approximate surface area is 147 Å². The Morgan fingerprint density at radius 1 is 0.739 bits per heavy atom. The van der Waals surface area contributed by atoms with Crippen LogP contribution in [0.2, 0.25) is 0 Å². The van der Waals surface area contributed by atoms with E-state index in [9.17, 15) is 0 Å². The summed E-state index contributed by atoms with van der Waals surface area (Å²) >= 11 is 5.30. The molecule has 4 aromatic rings. The average Bonchev–Trinajstić information content (AvgIpc) is 3.28. The van der Waals surface area contributed by atoms with Crippen LogP contribution in [-0.4, -0.2) is 4.98 Å². The summed E-state index contributed by atoms with van der Waals surface area (Å²) in [5, 5.41) is 6.41. The average molecular weight is 354 g/mol. The first-order valence-electron chi connectivity index (χ1n) is 7.37. The maximum absolute atomic E-state index is 4.94. The number of aromatic nitrogens is 1. The predicted octanol–water partition coefficient (Wildman–Crippen LogP) is 6.88. The van der Waals surface area contributed by atoms with Crippen molar-refractivity contribution >= 4 is 34.0 Å². The highest BCUT2D eigenvalue weighted by Gasteiger charge is 2.13. The molecule has 0 radical (unpaired) electrons. The van der Waals surface area contributed by atoms with Crippen LogP contribution < -0.4 is 0 Å². The van der Waals surface area contributed by atoms with Gasteiger partial charge in [-0.3, -0.25) is 0 Å². The molecule has 4 heterocycles. The summed E-state index contributed by atoms with van der Waals surface area (Å²) in [5.41, 5.74) is 6.02. The van der Waals surface area contributed by atoms with E-state index in [0.29, 0.717) is 0 Å². The Hall–Kier alpha value is -1.75. The summed E-state index contributed by atoms with van der Waals surface area (Å²) in [6.45, 7) is 4.33. The Morgan fingerprint density at radius 2 is 1.43 bits per heavy atom. The van der Waals surface area contributed by atoms with Gasteiger partial charge in [-0.25, -0.2) is 4.98 Å². The first-order valence-corrected chi connectivity index (χ1v) is 10.0. The molecule has 0 fully saturated rings. The van der Waals surface area contributed by atoms with Gasteiger partial charge in [0, 0.05) is 4.88 Å². The zero-order valence-corrected chi connectivity index (χ0v) is 15.3. The van der Waals surface area contributed by atoms with Crippen molar-refractivity contribution in [3.8, 4) is 31.6 Å². The highest BCUT2D eigenvalue weighted by Crippen LogP contribution is 2.37. The second-order valence-corrected chi connectivity index (χ2v) is 8.25. The molecule has 0 N–H and O–H groups in total. The van der Waals surface area contributed by atoms with Gasteiger partial charge in [0.15, 0.2) is 0 Å². The number of thiophene rings is 3.